The largest absolute Gasteiger partial charge is 0.464 e. The van der Waals surface area contributed by atoms with Crippen LogP contribution >= 0.6 is 23.2 Å². The second-order valence-electron chi connectivity index (χ2n) is 6.18. The minimum absolute atomic E-state index is 0.106. The summed E-state index contributed by atoms with van der Waals surface area (Å²) in [4.78, 5) is 35.0. The first kappa shape index (κ1) is 20.8. The van der Waals surface area contributed by atoms with Crippen molar-refractivity contribution in [3.05, 3.63) is 70.0 Å². The Morgan fingerprint density at radius 3 is 2.52 bits per heavy atom. The van der Waals surface area contributed by atoms with E-state index in [1.807, 2.05) is 5.32 Å². The molecule has 29 heavy (non-hydrogen) atoms. The number of carbonyl (C=O) groups excluding carboxylic acids is 3. The van der Waals surface area contributed by atoms with Crippen molar-refractivity contribution >= 4 is 52.4 Å². The van der Waals surface area contributed by atoms with Crippen molar-refractivity contribution < 1.29 is 23.5 Å². The fourth-order valence-electron chi connectivity index (χ4n) is 2.65. The Kier molecular flexibility index (Phi) is 6.51. The Morgan fingerprint density at radius 2 is 1.79 bits per heavy atom. The van der Waals surface area contributed by atoms with Crippen molar-refractivity contribution in [2.45, 2.75) is 6.42 Å². The van der Waals surface area contributed by atoms with Gasteiger partial charge in [-0.3, -0.25) is 19.7 Å². The third-order valence-electron chi connectivity index (χ3n) is 4.14. The van der Waals surface area contributed by atoms with E-state index in [0.717, 1.165) is 6.08 Å². The minimum atomic E-state index is -1.10. The predicted octanol–water partition coefficient (Wildman–Crippen LogP) is 3.95. The molecule has 0 spiro atoms. The van der Waals surface area contributed by atoms with Crippen LogP contribution in [-0.2, 0) is 25.5 Å². The summed E-state index contributed by atoms with van der Waals surface area (Å²) in [5.41, 5.74) is 1.71. The van der Waals surface area contributed by atoms with Gasteiger partial charge in [-0.2, -0.15) is 0 Å². The summed E-state index contributed by atoms with van der Waals surface area (Å²) in [6.07, 6.45) is 0.730. The zero-order chi connectivity index (χ0) is 21.0. The lowest BCUT2D eigenvalue weighted by Crippen LogP contribution is -2.41. The third kappa shape index (κ3) is 5.13. The van der Waals surface area contributed by atoms with Crippen molar-refractivity contribution in [2.75, 3.05) is 11.9 Å². The number of nitrogens with one attached hydrogen (secondary N) is 2. The molecule has 0 saturated heterocycles. The highest BCUT2D eigenvalue weighted by atomic mass is 35.5. The van der Waals surface area contributed by atoms with Gasteiger partial charge in [0.15, 0.2) is 5.83 Å². The number of amides is 2. The first-order valence-electron chi connectivity index (χ1n) is 8.52. The first-order valence-corrected chi connectivity index (χ1v) is 9.28. The van der Waals surface area contributed by atoms with Crippen LogP contribution in [0.4, 0.5) is 15.8 Å². The summed E-state index contributed by atoms with van der Waals surface area (Å²) >= 11 is 12.3. The first-order chi connectivity index (χ1) is 13.8. The number of halogens is 3. The number of ether oxygens (including phenoxy) is 1. The molecule has 2 aromatic rings. The maximum Gasteiger partial charge on any atom is 0.310 e. The van der Waals surface area contributed by atoms with E-state index in [1.54, 1.807) is 42.5 Å². The molecule has 150 valence electrons. The lowest BCUT2D eigenvalue weighted by Gasteiger charge is -2.17. The lowest BCUT2D eigenvalue weighted by atomic mass is 10.1. The van der Waals surface area contributed by atoms with E-state index >= 15 is 0 Å². The molecule has 0 aliphatic carbocycles. The van der Waals surface area contributed by atoms with Crippen LogP contribution in [0.5, 0.6) is 0 Å². The van der Waals surface area contributed by atoms with Gasteiger partial charge in [-0.15, -0.1) is 0 Å². The lowest BCUT2D eigenvalue weighted by molar-refractivity contribution is -0.145. The van der Waals surface area contributed by atoms with Crippen molar-refractivity contribution in [2.24, 2.45) is 5.92 Å². The Labute approximate surface area is 175 Å². The minimum Gasteiger partial charge on any atom is -0.464 e. The molecule has 1 unspecified atom stereocenters. The van der Waals surface area contributed by atoms with Gasteiger partial charge in [-0.1, -0.05) is 47.5 Å². The molecule has 2 amide bonds. The van der Waals surface area contributed by atoms with Gasteiger partial charge in [-0.05, 0) is 29.8 Å². The summed E-state index contributed by atoms with van der Waals surface area (Å²) in [5, 5.41) is 5.79. The van der Waals surface area contributed by atoms with Crippen LogP contribution in [0.2, 0.25) is 10.0 Å². The Hall–Kier alpha value is -2.90. The monoisotopic (exact) mass is 436 g/mol. The standard InChI is InChI=1S/C20H15Cl2FN2O4/c21-13-5-3-6-14(22)18(13)24-16-7-2-1-4-11(16)9-17(26)29-10-12-8-15(23)20(28)25-19(12)27/h1-8,12,24H,9-10H2,(H,25,27,28). The van der Waals surface area contributed by atoms with E-state index < -0.39 is 29.5 Å². The van der Waals surface area contributed by atoms with Crippen molar-refractivity contribution in [3.63, 3.8) is 0 Å². The molecule has 0 bridgehead atoms. The van der Waals surface area contributed by atoms with Gasteiger partial charge in [0, 0.05) is 5.69 Å². The summed E-state index contributed by atoms with van der Waals surface area (Å²) in [5.74, 6) is -4.60. The normalized spacial score (nSPS) is 16.1. The quantitative estimate of drug-likeness (QED) is 0.528. The van der Waals surface area contributed by atoms with E-state index in [1.165, 1.54) is 0 Å². The second-order valence-corrected chi connectivity index (χ2v) is 6.99. The maximum atomic E-state index is 13.3. The molecule has 6 nitrogen and oxygen atoms in total. The fraction of sp³-hybridized carbons (Fsp3) is 0.150. The summed E-state index contributed by atoms with van der Waals surface area (Å²) in [6, 6.07) is 12.1. The van der Waals surface area contributed by atoms with Crippen LogP contribution in [0.3, 0.4) is 0 Å². The summed E-state index contributed by atoms with van der Waals surface area (Å²) in [7, 11) is 0. The van der Waals surface area contributed by atoms with Crippen molar-refractivity contribution in [1.29, 1.82) is 0 Å². The average molecular weight is 437 g/mol. The topological polar surface area (TPSA) is 84.5 Å². The number of anilines is 2. The van der Waals surface area contributed by atoms with Gasteiger partial charge < -0.3 is 10.1 Å². The number of rotatable bonds is 6. The number of hydrogen-bond donors (Lipinski definition) is 2. The highest BCUT2D eigenvalue weighted by Crippen LogP contribution is 2.33. The molecule has 9 heteroatoms. The number of imide groups is 1. The average Bonchev–Trinajstić information content (AvgIpc) is 2.68. The molecular formula is C20H15Cl2FN2O4. The van der Waals surface area contributed by atoms with E-state index in [2.05, 4.69) is 5.32 Å². The highest BCUT2D eigenvalue weighted by Gasteiger charge is 2.28. The highest BCUT2D eigenvalue weighted by molar-refractivity contribution is 6.39. The zero-order valence-corrected chi connectivity index (χ0v) is 16.4. The van der Waals surface area contributed by atoms with Gasteiger partial charge in [0.1, 0.15) is 6.61 Å². The number of para-hydroxylation sites is 2. The van der Waals surface area contributed by atoms with E-state index in [9.17, 15) is 18.8 Å². The molecule has 1 heterocycles. The molecule has 0 fully saturated rings. The Balaban J connectivity index is 1.67. The summed E-state index contributed by atoms with van der Waals surface area (Å²) < 4.78 is 18.4. The fourth-order valence-corrected chi connectivity index (χ4v) is 3.15. The summed E-state index contributed by atoms with van der Waals surface area (Å²) in [6.45, 7) is -0.378. The van der Waals surface area contributed by atoms with Crippen LogP contribution in [-0.4, -0.2) is 24.4 Å². The molecule has 0 aromatic heterocycles. The Morgan fingerprint density at radius 1 is 1.10 bits per heavy atom. The molecule has 3 rings (SSSR count). The molecule has 0 radical (unpaired) electrons. The molecule has 1 atom stereocenters. The number of hydrogen-bond acceptors (Lipinski definition) is 5. The van der Waals surface area contributed by atoms with Crippen molar-refractivity contribution in [1.82, 2.24) is 5.32 Å². The molecule has 1 aliphatic rings. The van der Waals surface area contributed by atoms with E-state index in [0.29, 0.717) is 27.0 Å². The number of benzene rings is 2. The van der Waals surface area contributed by atoms with Crippen LogP contribution in [0, 0.1) is 5.92 Å². The molecular weight excluding hydrogens is 422 g/mol. The number of esters is 1. The maximum absolute atomic E-state index is 13.3. The van der Waals surface area contributed by atoms with Gasteiger partial charge in [0.05, 0.1) is 28.1 Å². The number of carbonyl (C=O) groups is 3. The Bertz CT molecular complexity index is 989. The van der Waals surface area contributed by atoms with Crippen LogP contribution in [0.15, 0.2) is 54.4 Å². The van der Waals surface area contributed by atoms with Gasteiger partial charge in [0.25, 0.3) is 5.91 Å². The van der Waals surface area contributed by atoms with Crippen molar-refractivity contribution in [3.8, 4) is 0 Å². The van der Waals surface area contributed by atoms with Crippen LogP contribution in [0.25, 0.3) is 0 Å². The van der Waals surface area contributed by atoms with Crippen LogP contribution in [0.1, 0.15) is 5.56 Å². The second kappa shape index (κ2) is 9.07. The molecule has 2 N–H and O–H groups in total. The van der Waals surface area contributed by atoms with E-state index in [4.69, 9.17) is 27.9 Å². The zero-order valence-electron chi connectivity index (χ0n) is 14.9. The predicted molar refractivity (Wildman–Crippen MR) is 107 cm³/mol. The van der Waals surface area contributed by atoms with Gasteiger partial charge >= 0.3 is 5.97 Å². The van der Waals surface area contributed by atoms with E-state index in [-0.39, 0.29) is 13.0 Å². The van der Waals surface area contributed by atoms with Gasteiger partial charge in [-0.25, -0.2) is 4.39 Å². The molecule has 0 saturated carbocycles. The third-order valence-corrected chi connectivity index (χ3v) is 4.77. The molecule has 2 aromatic carbocycles. The molecule has 1 aliphatic heterocycles. The van der Waals surface area contributed by atoms with Gasteiger partial charge in [0.2, 0.25) is 5.91 Å². The SMILES string of the molecule is O=C(Cc1ccccc1Nc1c(Cl)cccc1Cl)OCC1C=C(F)C(=O)NC1=O. The van der Waals surface area contributed by atoms with Crippen LogP contribution < -0.4 is 10.6 Å². The smallest absolute Gasteiger partial charge is 0.310 e.